The Morgan fingerprint density at radius 3 is 2.94 bits per heavy atom. The van der Waals surface area contributed by atoms with Crippen molar-refractivity contribution in [2.24, 2.45) is 29.4 Å². The van der Waals surface area contributed by atoms with E-state index in [1.165, 1.54) is 40.8 Å². The molecule has 3 aliphatic carbocycles. The lowest BCUT2D eigenvalue weighted by atomic mass is 9.70. The minimum absolute atomic E-state index is 0.112. The molecule has 1 heterocycles. The van der Waals surface area contributed by atoms with E-state index in [2.05, 4.69) is 28.1 Å². The fourth-order valence-electron chi connectivity index (χ4n) is 5.29. The highest BCUT2D eigenvalue weighted by molar-refractivity contribution is 9.11. The Morgan fingerprint density at radius 2 is 2.17 bits per heavy atom. The maximum absolute atomic E-state index is 6.83. The Balaban J connectivity index is 1.58. The summed E-state index contributed by atoms with van der Waals surface area (Å²) in [6.07, 6.45) is 8.23. The molecule has 0 aliphatic heterocycles. The molecule has 98 valence electrons. The number of nitrogens with two attached hydrogens (primary N) is 1. The lowest BCUT2D eigenvalue weighted by molar-refractivity contribution is 0.157. The first kappa shape index (κ1) is 11.9. The molecule has 0 saturated heterocycles. The molecule has 1 aromatic rings. The second-order valence-electron chi connectivity index (χ2n) is 6.68. The van der Waals surface area contributed by atoms with Crippen LogP contribution in [0, 0.1) is 23.7 Å². The minimum atomic E-state index is 0.112. The molecule has 1 nitrogen and oxygen atoms in total. The zero-order valence-corrected chi connectivity index (χ0v) is 13.0. The van der Waals surface area contributed by atoms with E-state index in [4.69, 9.17) is 5.73 Å². The number of hydrogen-bond donors (Lipinski definition) is 1. The van der Waals surface area contributed by atoms with E-state index in [9.17, 15) is 0 Å². The van der Waals surface area contributed by atoms with Crippen molar-refractivity contribution in [2.75, 3.05) is 0 Å². The standard InChI is InChI=1S/C15H20BrNS/c16-14-5-4-10(18-14)8-15(17)7-9-6-13(15)12-3-1-2-11(9)12/h4-5,9,11-13H,1-3,6-8,17H2. The van der Waals surface area contributed by atoms with Crippen LogP contribution in [0.2, 0.25) is 0 Å². The Morgan fingerprint density at radius 1 is 1.33 bits per heavy atom. The van der Waals surface area contributed by atoms with Gasteiger partial charge in [0.1, 0.15) is 0 Å². The van der Waals surface area contributed by atoms with Crippen LogP contribution in [0.1, 0.15) is 37.0 Å². The van der Waals surface area contributed by atoms with Gasteiger partial charge in [-0.15, -0.1) is 11.3 Å². The highest BCUT2D eigenvalue weighted by Gasteiger charge is 2.59. The topological polar surface area (TPSA) is 26.0 Å². The Bertz CT molecular complexity index is 471. The van der Waals surface area contributed by atoms with Gasteiger partial charge in [0.2, 0.25) is 0 Å². The number of hydrogen-bond acceptors (Lipinski definition) is 2. The summed E-state index contributed by atoms with van der Waals surface area (Å²) in [5, 5.41) is 0. The zero-order chi connectivity index (χ0) is 12.3. The van der Waals surface area contributed by atoms with Gasteiger partial charge in [0.25, 0.3) is 0 Å². The van der Waals surface area contributed by atoms with E-state index < -0.39 is 0 Å². The van der Waals surface area contributed by atoms with Crippen LogP contribution in [-0.4, -0.2) is 5.54 Å². The fourth-order valence-corrected chi connectivity index (χ4v) is 6.91. The van der Waals surface area contributed by atoms with Gasteiger partial charge in [-0.3, -0.25) is 0 Å². The third kappa shape index (κ3) is 1.66. The normalized spacial score (nSPS) is 45.7. The summed E-state index contributed by atoms with van der Waals surface area (Å²) in [5.74, 6) is 3.78. The lowest BCUT2D eigenvalue weighted by Crippen LogP contribution is -2.50. The van der Waals surface area contributed by atoms with Gasteiger partial charge in [-0.25, -0.2) is 0 Å². The molecule has 4 rings (SSSR count). The molecule has 0 amide bonds. The summed E-state index contributed by atoms with van der Waals surface area (Å²) in [4.78, 5) is 1.46. The van der Waals surface area contributed by atoms with E-state index in [1.807, 2.05) is 11.3 Å². The van der Waals surface area contributed by atoms with Crippen LogP contribution >= 0.6 is 27.3 Å². The largest absolute Gasteiger partial charge is 0.325 e. The molecule has 3 fully saturated rings. The zero-order valence-electron chi connectivity index (χ0n) is 10.6. The average molecular weight is 326 g/mol. The van der Waals surface area contributed by atoms with E-state index in [0.717, 1.165) is 30.1 Å². The second-order valence-corrected chi connectivity index (χ2v) is 9.23. The highest BCUT2D eigenvalue weighted by Crippen LogP contribution is 2.62. The average Bonchev–Trinajstić information content (AvgIpc) is 2.99. The molecule has 3 aliphatic rings. The van der Waals surface area contributed by atoms with Crippen LogP contribution in [0.4, 0.5) is 0 Å². The first-order valence-electron chi connectivity index (χ1n) is 7.19. The number of fused-ring (bicyclic) bond motifs is 5. The summed E-state index contributed by atoms with van der Waals surface area (Å²) in [7, 11) is 0. The van der Waals surface area contributed by atoms with Crippen molar-refractivity contribution in [3.8, 4) is 0 Å². The number of rotatable bonds is 2. The Labute approximate surface area is 121 Å². The van der Waals surface area contributed by atoms with Crippen molar-refractivity contribution < 1.29 is 0 Å². The Hall–Kier alpha value is 0.140. The quantitative estimate of drug-likeness (QED) is 0.866. The maximum Gasteiger partial charge on any atom is 0.0701 e. The molecule has 1 aromatic heterocycles. The van der Waals surface area contributed by atoms with Crippen molar-refractivity contribution in [2.45, 2.75) is 44.1 Å². The highest BCUT2D eigenvalue weighted by atomic mass is 79.9. The molecule has 0 aromatic carbocycles. The van der Waals surface area contributed by atoms with Gasteiger partial charge in [0, 0.05) is 16.8 Å². The van der Waals surface area contributed by atoms with Gasteiger partial charge in [-0.05, 0) is 77.4 Å². The first-order chi connectivity index (χ1) is 8.66. The van der Waals surface area contributed by atoms with Crippen molar-refractivity contribution >= 4 is 27.3 Å². The maximum atomic E-state index is 6.83. The third-order valence-corrected chi connectivity index (χ3v) is 7.44. The summed E-state index contributed by atoms with van der Waals surface area (Å²) in [6, 6.07) is 4.41. The van der Waals surface area contributed by atoms with E-state index in [-0.39, 0.29) is 5.54 Å². The molecular weight excluding hydrogens is 306 g/mol. The molecule has 5 unspecified atom stereocenters. The molecule has 18 heavy (non-hydrogen) atoms. The van der Waals surface area contributed by atoms with Crippen molar-refractivity contribution in [1.82, 2.24) is 0 Å². The number of thiophene rings is 1. The second kappa shape index (κ2) is 4.07. The van der Waals surface area contributed by atoms with Gasteiger partial charge in [0.05, 0.1) is 3.79 Å². The van der Waals surface area contributed by atoms with E-state index in [1.54, 1.807) is 0 Å². The molecule has 5 atom stereocenters. The lowest BCUT2D eigenvalue weighted by Gasteiger charge is -2.40. The molecule has 2 bridgehead atoms. The van der Waals surface area contributed by atoms with Gasteiger partial charge in [-0.2, -0.15) is 0 Å². The summed E-state index contributed by atoms with van der Waals surface area (Å²) in [5.41, 5.74) is 6.94. The Kier molecular flexibility index (Phi) is 2.69. The van der Waals surface area contributed by atoms with E-state index >= 15 is 0 Å². The van der Waals surface area contributed by atoms with Crippen LogP contribution in [0.5, 0.6) is 0 Å². The van der Waals surface area contributed by atoms with Gasteiger partial charge in [0.15, 0.2) is 0 Å². The van der Waals surface area contributed by atoms with Crippen LogP contribution in [-0.2, 0) is 6.42 Å². The summed E-state index contributed by atoms with van der Waals surface area (Å²) >= 11 is 5.43. The monoisotopic (exact) mass is 325 g/mol. The summed E-state index contributed by atoms with van der Waals surface area (Å²) < 4.78 is 1.24. The molecule has 2 N–H and O–H groups in total. The predicted octanol–water partition coefficient (Wildman–Crippen LogP) is 4.21. The molecule has 3 saturated carbocycles. The minimum Gasteiger partial charge on any atom is -0.325 e. The van der Waals surface area contributed by atoms with Crippen molar-refractivity contribution in [3.05, 3.63) is 20.8 Å². The molecule has 0 radical (unpaired) electrons. The SMILES string of the molecule is NC1(Cc2ccc(Br)s2)CC2CC1C1CCCC21. The van der Waals surface area contributed by atoms with Crippen LogP contribution in [0.3, 0.4) is 0 Å². The van der Waals surface area contributed by atoms with E-state index in [0.29, 0.717) is 0 Å². The molecular formula is C15H20BrNS. The van der Waals surface area contributed by atoms with Crippen molar-refractivity contribution in [3.63, 3.8) is 0 Å². The van der Waals surface area contributed by atoms with Crippen LogP contribution in [0.25, 0.3) is 0 Å². The third-order valence-electron chi connectivity index (χ3n) is 5.82. The summed E-state index contributed by atoms with van der Waals surface area (Å²) in [6.45, 7) is 0. The van der Waals surface area contributed by atoms with Crippen LogP contribution in [0.15, 0.2) is 15.9 Å². The van der Waals surface area contributed by atoms with Gasteiger partial charge < -0.3 is 5.73 Å². The first-order valence-corrected chi connectivity index (χ1v) is 8.80. The van der Waals surface area contributed by atoms with Gasteiger partial charge >= 0.3 is 0 Å². The van der Waals surface area contributed by atoms with Gasteiger partial charge in [-0.1, -0.05) is 6.42 Å². The smallest absolute Gasteiger partial charge is 0.0701 e. The molecule has 3 heteroatoms. The van der Waals surface area contributed by atoms with Crippen molar-refractivity contribution in [1.29, 1.82) is 0 Å². The number of halogens is 1. The predicted molar refractivity (Wildman–Crippen MR) is 79.7 cm³/mol. The fraction of sp³-hybridized carbons (Fsp3) is 0.733. The van der Waals surface area contributed by atoms with Crippen LogP contribution < -0.4 is 5.73 Å². The molecule has 0 spiro atoms.